The lowest BCUT2D eigenvalue weighted by molar-refractivity contribution is -0.133. The van der Waals surface area contributed by atoms with Crippen molar-refractivity contribution in [3.05, 3.63) is 65.2 Å². The summed E-state index contributed by atoms with van der Waals surface area (Å²) in [6, 6.07) is 17.5. The molecule has 1 atom stereocenters. The summed E-state index contributed by atoms with van der Waals surface area (Å²) in [4.78, 5) is 21.9. The molecule has 2 fully saturated rings. The Bertz CT molecular complexity index is 1200. The molecule has 9 heteroatoms. The zero-order chi connectivity index (χ0) is 23.5. The quantitative estimate of drug-likeness (QED) is 0.522. The summed E-state index contributed by atoms with van der Waals surface area (Å²) in [5.41, 5.74) is 1.84. The van der Waals surface area contributed by atoms with E-state index in [-0.39, 0.29) is 11.7 Å². The van der Waals surface area contributed by atoms with E-state index in [1.54, 1.807) is 11.3 Å². The summed E-state index contributed by atoms with van der Waals surface area (Å²) in [5.74, 6) is 0.451. The van der Waals surface area contributed by atoms with Gasteiger partial charge in [-0.2, -0.15) is 4.31 Å². The van der Waals surface area contributed by atoms with Gasteiger partial charge in [0.15, 0.2) is 0 Å². The standard InChI is InChI=1S/C25H30N4O3S2/c30-24(28-13-15-29(16-14-28)34(31,32)19-20-7-2-1-3-8-20)18-27-12-6-9-21(17-27)25-26-22-10-4-5-11-23(22)33-25/h1-5,7-8,10-11,21H,6,9,12-19H2/t21-/m1/s1. The molecule has 0 radical (unpaired) electrons. The third-order valence-corrected chi connectivity index (χ3v) is 9.75. The van der Waals surface area contributed by atoms with Crippen molar-refractivity contribution in [2.45, 2.75) is 24.5 Å². The van der Waals surface area contributed by atoms with Crippen LogP contribution < -0.4 is 0 Å². The van der Waals surface area contributed by atoms with Crippen molar-refractivity contribution >= 4 is 37.5 Å². The fourth-order valence-electron chi connectivity index (χ4n) is 4.85. The van der Waals surface area contributed by atoms with Crippen molar-refractivity contribution < 1.29 is 13.2 Å². The van der Waals surface area contributed by atoms with E-state index in [9.17, 15) is 13.2 Å². The molecule has 7 nitrogen and oxygen atoms in total. The number of benzene rings is 2. The maximum atomic E-state index is 13.0. The molecule has 2 saturated heterocycles. The van der Waals surface area contributed by atoms with Crippen molar-refractivity contribution in [1.29, 1.82) is 0 Å². The van der Waals surface area contributed by atoms with Gasteiger partial charge >= 0.3 is 0 Å². The van der Waals surface area contributed by atoms with Gasteiger partial charge in [0.25, 0.3) is 0 Å². The van der Waals surface area contributed by atoms with Gasteiger partial charge in [-0.05, 0) is 37.1 Å². The summed E-state index contributed by atoms with van der Waals surface area (Å²) in [7, 11) is -3.38. The average Bonchev–Trinajstić information content (AvgIpc) is 3.29. The van der Waals surface area contributed by atoms with Gasteiger partial charge in [-0.15, -0.1) is 11.3 Å². The van der Waals surface area contributed by atoms with Crippen LogP contribution in [0.5, 0.6) is 0 Å². The number of para-hydroxylation sites is 1. The first kappa shape index (κ1) is 23.4. The first-order chi connectivity index (χ1) is 16.5. The number of likely N-dealkylation sites (tertiary alicyclic amines) is 1. The molecule has 3 heterocycles. The normalized spacial score (nSPS) is 20.6. The SMILES string of the molecule is O=C(CN1CCC[C@@H](c2nc3ccccc3s2)C1)N1CCN(S(=O)(=O)Cc2ccccc2)CC1. The number of rotatable bonds is 6. The van der Waals surface area contributed by atoms with E-state index in [2.05, 4.69) is 17.0 Å². The Balaban J connectivity index is 1.14. The lowest BCUT2D eigenvalue weighted by Crippen LogP contribution is -2.53. The third-order valence-electron chi connectivity index (χ3n) is 6.70. The van der Waals surface area contributed by atoms with Crippen molar-refractivity contribution in [2.24, 2.45) is 0 Å². The first-order valence-electron chi connectivity index (χ1n) is 11.9. The Morgan fingerprint density at radius 3 is 2.47 bits per heavy atom. The number of sulfonamides is 1. The smallest absolute Gasteiger partial charge is 0.236 e. The van der Waals surface area contributed by atoms with Crippen molar-refractivity contribution in [2.75, 3.05) is 45.8 Å². The highest BCUT2D eigenvalue weighted by Crippen LogP contribution is 2.33. The highest BCUT2D eigenvalue weighted by atomic mass is 32.2. The number of carbonyl (C=O) groups is 1. The Morgan fingerprint density at radius 2 is 1.71 bits per heavy atom. The summed E-state index contributed by atoms with van der Waals surface area (Å²) >= 11 is 1.76. The van der Waals surface area contributed by atoms with Crippen LogP contribution in [0, 0.1) is 0 Å². The monoisotopic (exact) mass is 498 g/mol. The Kier molecular flexibility index (Phi) is 6.96. The lowest BCUT2D eigenvalue weighted by Gasteiger charge is -2.36. The number of amides is 1. The van der Waals surface area contributed by atoms with Gasteiger partial charge in [0, 0.05) is 38.6 Å². The minimum Gasteiger partial charge on any atom is -0.339 e. The number of hydrogen-bond donors (Lipinski definition) is 0. The van der Waals surface area contributed by atoms with Gasteiger partial charge in [0.2, 0.25) is 15.9 Å². The molecule has 0 unspecified atom stereocenters. The Labute approximate surface area is 205 Å². The largest absolute Gasteiger partial charge is 0.339 e. The molecule has 1 amide bonds. The van der Waals surface area contributed by atoms with E-state index < -0.39 is 10.0 Å². The van der Waals surface area contributed by atoms with Crippen molar-refractivity contribution in [1.82, 2.24) is 19.1 Å². The predicted octanol–water partition coefficient (Wildman–Crippen LogP) is 3.15. The molecule has 0 N–H and O–H groups in total. The summed E-state index contributed by atoms with van der Waals surface area (Å²) in [6.45, 7) is 3.75. The van der Waals surface area contributed by atoms with Crippen LogP contribution in [0.4, 0.5) is 0 Å². The first-order valence-corrected chi connectivity index (χ1v) is 14.3. The maximum absolute atomic E-state index is 13.0. The molecule has 0 bridgehead atoms. The molecular formula is C25H30N4O3S2. The number of piperidine rings is 1. The van der Waals surface area contributed by atoms with Gasteiger partial charge < -0.3 is 4.90 Å². The van der Waals surface area contributed by atoms with Crippen LogP contribution in [-0.4, -0.2) is 79.2 Å². The molecule has 2 aliphatic rings. The molecule has 1 aromatic heterocycles. The third kappa shape index (κ3) is 5.33. The van der Waals surface area contributed by atoms with E-state index >= 15 is 0 Å². The molecule has 0 saturated carbocycles. The minimum absolute atomic E-state index is 0.00270. The van der Waals surface area contributed by atoms with E-state index in [4.69, 9.17) is 4.98 Å². The van der Waals surface area contributed by atoms with Crippen LogP contribution in [0.2, 0.25) is 0 Å². The fraction of sp³-hybridized carbons (Fsp3) is 0.440. The van der Waals surface area contributed by atoms with Crippen LogP contribution in [-0.2, 0) is 20.6 Å². The second-order valence-corrected chi connectivity index (χ2v) is 12.1. The number of thiazole rings is 1. The van der Waals surface area contributed by atoms with Gasteiger partial charge in [0.05, 0.1) is 27.5 Å². The molecule has 2 aliphatic heterocycles. The number of aromatic nitrogens is 1. The molecule has 5 rings (SSSR count). The topological polar surface area (TPSA) is 73.8 Å². The molecule has 0 spiro atoms. The molecule has 0 aliphatic carbocycles. The summed E-state index contributed by atoms with van der Waals surface area (Å²) < 4.78 is 28.3. The second-order valence-electron chi connectivity index (χ2n) is 9.12. The van der Waals surface area contributed by atoms with E-state index in [1.807, 2.05) is 47.4 Å². The number of fused-ring (bicyclic) bond motifs is 1. The second kappa shape index (κ2) is 10.1. The molecule has 3 aromatic rings. The van der Waals surface area contributed by atoms with Crippen LogP contribution in [0.15, 0.2) is 54.6 Å². The van der Waals surface area contributed by atoms with E-state index in [0.717, 1.165) is 42.0 Å². The van der Waals surface area contributed by atoms with Gasteiger partial charge in [-0.3, -0.25) is 9.69 Å². The molecular weight excluding hydrogens is 468 g/mol. The molecule has 34 heavy (non-hydrogen) atoms. The van der Waals surface area contributed by atoms with Crippen LogP contribution in [0.25, 0.3) is 10.2 Å². The molecule has 2 aromatic carbocycles. The Morgan fingerprint density at radius 1 is 0.971 bits per heavy atom. The number of hydrogen-bond acceptors (Lipinski definition) is 6. The number of nitrogens with zero attached hydrogens (tertiary/aromatic N) is 4. The van der Waals surface area contributed by atoms with Gasteiger partial charge in [0.1, 0.15) is 0 Å². The number of carbonyl (C=O) groups excluding carboxylic acids is 1. The Hall–Kier alpha value is -2.33. The van der Waals surface area contributed by atoms with Crippen molar-refractivity contribution in [3.63, 3.8) is 0 Å². The van der Waals surface area contributed by atoms with Crippen LogP contribution >= 0.6 is 11.3 Å². The average molecular weight is 499 g/mol. The highest BCUT2D eigenvalue weighted by Gasteiger charge is 2.31. The minimum atomic E-state index is -3.38. The van der Waals surface area contributed by atoms with Gasteiger partial charge in [-0.1, -0.05) is 42.5 Å². The van der Waals surface area contributed by atoms with Crippen molar-refractivity contribution in [3.8, 4) is 0 Å². The van der Waals surface area contributed by atoms with Gasteiger partial charge in [-0.25, -0.2) is 13.4 Å². The zero-order valence-electron chi connectivity index (χ0n) is 19.2. The lowest BCUT2D eigenvalue weighted by atomic mass is 9.98. The van der Waals surface area contributed by atoms with E-state index in [1.165, 1.54) is 9.01 Å². The highest BCUT2D eigenvalue weighted by molar-refractivity contribution is 7.88. The fourth-order valence-corrected chi connectivity index (χ4v) is 7.46. The number of piperazine rings is 1. The van der Waals surface area contributed by atoms with E-state index in [0.29, 0.717) is 38.6 Å². The molecule has 180 valence electrons. The summed E-state index contributed by atoms with van der Waals surface area (Å²) in [6.07, 6.45) is 2.15. The van der Waals surface area contributed by atoms with Crippen LogP contribution in [0.3, 0.4) is 0 Å². The predicted molar refractivity (Wildman–Crippen MR) is 135 cm³/mol. The zero-order valence-corrected chi connectivity index (χ0v) is 20.8. The summed E-state index contributed by atoms with van der Waals surface area (Å²) in [5, 5.41) is 1.16. The maximum Gasteiger partial charge on any atom is 0.236 e. The van der Waals surface area contributed by atoms with Crippen LogP contribution in [0.1, 0.15) is 29.3 Å².